The Balaban J connectivity index is 1.92. The highest BCUT2D eigenvalue weighted by Gasteiger charge is 2.18. The fourth-order valence-electron chi connectivity index (χ4n) is 1.95. The van der Waals surface area contributed by atoms with E-state index in [2.05, 4.69) is 15.5 Å². The maximum Gasteiger partial charge on any atom is 0.343 e. The largest absolute Gasteiger partial charge is 0.351 e. The van der Waals surface area contributed by atoms with Crippen molar-refractivity contribution in [2.24, 2.45) is 0 Å². The molecule has 0 aliphatic rings. The van der Waals surface area contributed by atoms with Gasteiger partial charge in [0.2, 0.25) is 5.91 Å². The van der Waals surface area contributed by atoms with Crippen LogP contribution in [-0.2, 0) is 17.9 Å². The van der Waals surface area contributed by atoms with E-state index >= 15 is 0 Å². The molecule has 0 aliphatic heterocycles. The lowest BCUT2D eigenvalue weighted by atomic mass is 10.2. The van der Waals surface area contributed by atoms with Gasteiger partial charge in [0.15, 0.2) is 5.16 Å². The minimum atomic E-state index is -0.325. The van der Waals surface area contributed by atoms with E-state index in [1.807, 2.05) is 37.3 Å². The van der Waals surface area contributed by atoms with Crippen molar-refractivity contribution in [2.75, 3.05) is 0 Å². The van der Waals surface area contributed by atoms with Crippen molar-refractivity contribution in [2.45, 2.75) is 43.8 Å². The first-order valence-corrected chi connectivity index (χ1v) is 8.13. The molecule has 1 heterocycles. The Bertz CT molecular complexity index is 666. The molecule has 0 fully saturated rings. The zero-order chi connectivity index (χ0) is 15.9. The number of aromatic amines is 1. The van der Waals surface area contributed by atoms with Crippen LogP contribution in [0.5, 0.6) is 0 Å². The Kier molecular flexibility index (Phi) is 5.83. The summed E-state index contributed by atoms with van der Waals surface area (Å²) in [5, 5.41) is 9.53. The maximum absolute atomic E-state index is 12.1. The fourth-order valence-corrected chi connectivity index (χ4v) is 2.86. The average Bonchev–Trinajstić information content (AvgIpc) is 2.87. The molecule has 0 spiro atoms. The van der Waals surface area contributed by atoms with Crippen molar-refractivity contribution in [3.63, 3.8) is 0 Å². The molecule has 2 N–H and O–H groups in total. The van der Waals surface area contributed by atoms with Gasteiger partial charge in [-0.25, -0.2) is 9.89 Å². The molecule has 1 aromatic heterocycles. The van der Waals surface area contributed by atoms with Crippen LogP contribution in [0.2, 0.25) is 0 Å². The second kappa shape index (κ2) is 7.84. The number of aromatic nitrogens is 3. The number of hydrogen-bond acceptors (Lipinski definition) is 4. The number of carbonyl (C=O) groups excluding carboxylic acids is 1. The average molecular weight is 320 g/mol. The second-order valence-electron chi connectivity index (χ2n) is 4.93. The van der Waals surface area contributed by atoms with Gasteiger partial charge >= 0.3 is 5.69 Å². The monoisotopic (exact) mass is 320 g/mol. The molecule has 1 atom stereocenters. The minimum absolute atomic E-state index is 0.0765. The number of rotatable bonds is 7. The van der Waals surface area contributed by atoms with Crippen LogP contribution < -0.4 is 11.0 Å². The molecule has 0 saturated carbocycles. The van der Waals surface area contributed by atoms with Gasteiger partial charge in [-0.05, 0) is 18.9 Å². The Hall–Kier alpha value is -2.02. The van der Waals surface area contributed by atoms with E-state index in [1.165, 1.54) is 11.8 Å². The zero-order valence-corrected chi connectivity index (χ0v) is 13.5. The highest BCUT2D eigenvalue weighted by Crippen LogP contribution is 2.20. The van der Waals surface area contributed by atoms with Crippen LogP contribution in [0.15, 0.2) is 40.3 Å². The van der Waals surface area contributed by atoms with Crippen molar-refractivity contribution in [1.29, 1.82) is 0 Å². The molecule has 6 nitrogen and oxygen atoms in total. The van der Waals surface area contributed by atoms with Gasteiger partial charge in [0, 0.05) is 13.1 Å². The van der Waals surface area contributed by atoms with Gasteiger partial charge in [0.1, 0.15) is 0 Å². The lowest BCUT2D eigenvalue weighted by Crippen LogP contribution is -2.30. The second-order valence-corrected chi connectivity index (χ2v) is 6.23. The smallest absolute Gasteiger partial charge is 0.343 e. The summed E-state index contributed by atoms with van der Waals surface area (Å²) in [6.45, 7) is 4.88. The van der Waals surface area contributed by atoms with Crippen molar-refractivity contribution in [3.05, 3.63) is 46.4 Å². The van der Waals surface area contributed by atoms with Gasteiger partial charge in [-0.2, -0.15) is 0 Å². The van der Waals surface area contributed by atoms with Crippen LogP contribution in [0.25, 0.3) is 0 Å². The highest BCUT2D eigenvalue weighted by molar-refractivity contribution is 8.00. The zero-order valence-electron chi connectivity index (χ0n) is 12.7. The Morgan fingerprint density at radius 1 is 1.41 bits per heavy atom. The van der Waals surface area contributed by atoms with Crippen LogP contribution in [-0.4, -0.2) is 25.9 Å². The number of H-pyrrole nitrogens is 1. The molecular formula is C15H20N4O2S. The van der Waals surface area contributed by atoms with Gasteiger partial charge in [-0.3, -0.25) is 9.36 Å². The number of benzene rings is 1. The van der Waals surface area contributed by atoms with Crippen LogP contribution in [0.4, 0.5) is 0 Å². The molecule has 0 saturated heterocycles. The first-order valence-electron chi connectivity index (χ1n) is 7.25. The standard InChI is InChI=1S/C15H20N4O2S/c1-3-9-19-14(21)17-18-15(19)22-11(2)13(20)16-10-12-7-5-4-6-8-12/h4-8,11H,3,9-10H2,1-2H3,(H,16,20)(H,17,21)/t11-/m0/s1. The number of nitrogens with one attached hydrogen (secondary N) is 2. The number of thioether (sulfide) groups is 1. The van der Waals surface area contributed by atoms with Gasteiger partial charge in [0.05, 0.1) is 5.25 Å². The third-order valence-corrected chi connectivity index (χ3v) is 4.22. The minimum Gasteiger partial charge on any atom is -0.351 e. The molecule has 22 heavy (non-hydrogen) atoms. The van der Waals surface area contributed by atoms with E-state index in [-0.39, 0.29) is 16.8 Å². The molecule has 2 rings (SSSR count). The van der Waals surface area contributed by atoms with Crippen LogP contribution >= 0.6 is 11.8 Å². The van der Waals surface area contributed by atoms with Crippen LogP contribution in [0.3, 0.4) is 0 Å². The lowest BCUT2D eigenvalue weighted by molar-refractivity contribution is -0.120. The molecule has 2 aromatic rings. The van der Waals surface area contributed by atoms with Gasteiger partial charge < -0.3 is 5.32 Å². The van der Waals surface area contributed by atoms with E-state index < -0.39 is 0 Å². The summed E-state index contributed by atoms with van der Waals surface area (Å²) in [6, 6.07) is 9.74. The van der Waals surface area contributed by atoms with E-state index in [9.17, 15) is 9.59 Å². The SMILES string of the molecule is CCCn1c(S[C@@H](C)C(=O)NCc2ccccc2)n[nH]c1=O. The summed E-state index contributed by atoms with van der Waals surface area (Å²) in [4.78, 5) is 23.8. The Morgan fingerprint density at radius 3 is 2.82 bits per heavy atom. The van der Waals surface area contributed by atoms with Crippen LogP contribution in [0, 0.1) is 0 Å². The third-order valence-electron chi connectivity index (χ3n) is 3.13. The number of amides is 1. The van der Waals surface area contributed by atoms with Crippen molar-refractivity contribution < 1.29 is 4.79 Å². The summed E-state index contributed by atoms with van der Waals surface area (Å²) < 4.78 is 1.56. The van der Waals surface area contributed by atoms with Crippen molar-refractivity contribution in [1.82, 2.24) is 20.1 Å². The van der Waals surface area contributed by atoms with E-state index in [1.54, 1.807) is 11.5 Å². The first-order chi connectivity index (χ1) is 10.6. The van der Waals surface area contributed by atoms with Crippen molar-refractivity contribution in [3.8, 4) is 0 Å². The molecule has 7 heteroatoms. The predicted molar refractivity (Wildman–Crippen MR) is 86.7 cm³/mol. The summed E-state index contributed by atoms with van der Waals surface area (Å²) in [5.74, 6) is -0.0765. The maximum atomic E-state index is 12.1. The predicted octanol–water partition coefficient (Wildman–Crippen LogP) is 1.78. The molecule has 0 radical (unpaired) electrons. The Morgan fingerprint density at radius 2 is 2.14 bits per heavy atom. The van der Waals surface area contributed by atoms with E-state index in [0.717, 1.165) is 12.0 Å². The number of nitrogens with zero attached hydrogens (tertiary/aromatic N) is 2. The molecule has 0 bridgehead atoms. The van der Waals surface area contributed by atoms with Gasteiger partial charge in [0.25, 0.3) is 0 Å². The fraction of sp³-hybridized carbons (Fsp3) is 0.400. The molecule has 0 aliphatic carbocycles. The summed E-state index contributed by atoms with van der Waals surface area (Å²) in [6.07, 6.45) is 0.835. The normalized spacial score (nSPS) is 12.1. The number of hydrogen-bond donors (Lipinski definition) is 2. The molecule has 0 unspecified atom stereocenters. The van der Waals surface area contributed by atoms with E-state index in [4.69, 9.17) is 0 Å². The first kappa shape index (κ1) is 16.4. The summed E-state index contributed by atoms with van der Waals surface area (Å²) in [7, 11) is 0. The molecule has 118 valence electrons. The molecule has 1 amide bonds. The summed E-state index contributed by atoms with van der Waals surface area (Å²) >= 11 is 1.28. The lowest BCUT2D eigenvalue weighted by Gasteiger charge is -2.12. The highest BCUT2D eigenvalue weighted by atomic mass is 32.2. The Labute approximate surface area is 133 Å². The topological polar surface area (TPSA) is 79.8 Å². The number of carbonyl (C=O) groups is 1. The molecule has 1 aromatic carbocycles. The summed E-state index contributed by atoms with van der Waals surface area (Å²) in [5.41, 5.74) is 0.817. The van der Waals surface area contributed by atoms with Crippen LogP contribution in [0.1, 0.15) is 25.8 Å². The van der Waals surface area contributed by atoms with E-state index in [0.29, 0.717) is 18.2 Å². The third kappa shape index (κ3) is 4.24. The van der Waals surface area contributed by atoms with Crippen molar-refractivity contribution >= 4 is 17.7 Å². The quantitative estimate of drug-likeness (QED) is 0.762. The van der Waals surface area contributed by atoms with Gasteiger partial charge in [-0.1, -0.05) is 49.0 Å². The van der Waals surface area contributed by atoms with Gasteiger partial charge in [-0.15, -0.1) is 5.10 Å². The molecular weight excluding hydrogens is 300 g/mol.